The summed E-state index contributed by atoms with van der Waals surface area (Å²) in [5, 5.41) is 5.21. The normalized spacial score (nSPS) is 11.6. The number of nitrogens with one attached hydrogen (secondary N) is 2. The van der Waals surface area contributed by atoms with Crippen LogP contribution in [0.1, 0.15) is 27.2 Å². The summed E-state index contributed by atoms with van der Waals surface area (Å²) in [4.78, 5) is 21.9. The lowest BCUT2D eigenvalue weighted by Gasteiger charge is -2.18. The zero-order valence-corrected chi connectivity index (χ0v) is 10.9. The molecular weight excluding hydrogens is 230 g/mol. The fourth-order valence-corrected chi connectivity index (χ4v) is 1.27. The van der Waals surface area contributed by atoms with E-state index in [1.54, 1.807) is 0 Å². The second-order valence-electron chi connectivity index (χ2n) is 4.04. The molecule has 5 nitrogen and oxygen atoms in total. The van der Waals surface area contributed by atoms with Gasteiger partial charge in [0.05, 0.1) is 6.54 Å². The molecule has 0 aromatic rings. The molecule has 1 atom stereocenters. The molecule has 0 radical (unpaired) electrons. The van der Waals surface area contributed by atoms with Gasteiger partial charge < -0.3 is 16.4 Å². The predicted octanol–water partition coefficient (Wildman–Crippen LogP) is 0.0339. The summed E-state index contributed by atoms with van der Waals surface area (Å²) in [6.45, 7) is 5.96. The molecule has 0 fully saturated rings. The Morgan fingerprint density at radius 1 is 1.31 bits per heavy atom. The van der Waals surface area contributed by atoms with Crippen LogP contribution in [0.4, 0.5) is 0 Å². The van der Waals surface area contributed by atoms with Gasteiger partial charge in [0.25, 0.3) is 0 Å². The van der Waals surface area contributed by atoms with Crippen LogP contribution < -0.4 is 16.4 Å². The fraction of sp³-hybridized carbons (Fsp3) is 0.800. The molecule has 0 aliphatic heterocycles. The summed E-state index contributed by atoms with van der Waals surface area (Å²) >= 11 is 0. The summed E-state index contributed by atoms with van der Waals surface area (Å²) < 4.78 is 0. The summed E-state index contributed by atoms with van der Waals surface area (Å²) in [7, 11) is 0. The third kappa shape index (κ3) is 9.73. The number of halogens is 1. The third-order valence-corrected chi connectivity index (χ3v) is 1.90. The van der Waals surface area contributed by atoms with Crippen molar-refractivity contribution in [1.29, 1.82) is 0 Å². The standard InChI is InChI=1S/C10H21N3O2.ClH/c1-7(2)4-9(5-11)13-10(15)6-12-8(3)14;/h7,9H,4-6,11H2,1-3H3,(H,12,14)(H,13,15);1H. The number of nitrogens with two attached hydrogens (primary N) is 1. The molecule has 0 aliphatic rings. The Balaban J connectivity index is 0. The molecule has 0 saturated carbocycles. The van der Waals surface area contributed by atoms with Crippen molar-refractivity contribution in [2.24, 2.45) is 11.7 Å². The van der Waals surface area contributed by atoms with Crippen molar-refractivity contribution >= 4 is 24.2 Å². The van der Waals surface area contributed by atoms with Crippen molar-refractivity contribution in [1.82, 2.24) is 10.6 Å². The van der Waals surface area contributed by atoms with Gasteiger partial charge in [0.15, 0.2) is 0 Å². The van der Waals surface area contributed by atoms with Crippen molar-refractivity contribution in [3.05, 3.63) is 0 Å². The summed E-state index contributed by atoms with van der Waals surface area (Å²) in [6.07, 6.45) is 0.850. The van der Waals surface area contributed by atoms with Crippen LogP contribution in [0, 0.1) is 5.92 Å². The molecule has 0 aromatic heterocycles. The van der Waals surface area contributed by atoms with Crippen molar-refractivity contribution in [2.75, 3.05) is 13.1 Å². The van der Waals surface area contributed by atoms with E-state index < -0.39 is 0 Å². The molecule has 96 valence electrons. The monoisotopic (exact) mass is 251 g/mol. The van der Waals surface area contributed by atoms with E-state index in [9.17, 15) is 9.59 Å². The summed E-state index contributed by atoms with van der Waals surface area (Å²) in [6, 6.07) is -0.00809. The van der Waals surface area contributed by atoms with Crippen LogP contribution in [0.25, 0.3) is 0 Å². The molecule has 6 heteroatoms. The van der Waals surface area contributed by atoms with Crippen LogP contribution in [-0.2, 0) is 9.59 Å². The highest BCUT2D eigenvalue weighted by molar-refractivity contribution is 5.85. The number of amides is 2. The van der Waals surface area contributed by atoms with Gasteiger partial charge in [-0.05, 0) is 12.3 Å². The van der Waals surface area contributed by atoms with Gasteiger partial charge in [-0.15, -0.1) is 12.4 Å². The van der Waals surface area contributed by atoms with Crippen molar-refractivity contribution in [3.8, 4) is 0 Å². The third-order valence-electron chi connectivity index (χ3n) is 1.90. The lowest BCUT2D eigenvalue weighted by molar-refractivity contribution is -0.125. The Kier molecular flexibility index (Phi) is 10.3. The maximum Gasteiger partial charge on any atom is 0.239 e. The molecule has 0 saturated heterocycles. The lowest BCUT2D eigenvalue weighted by atomic mass is 10.0. The maximum absolute atomic E-state index is 11.3. The minimum absolute atomic E-state index is 0. The van der Waals surface area contributed by atoms with E-state index in [1.807, 2.05) is 0 Å². The van der Waals surface area contributed by atoms with Gasteiger partial charge in [-0.2, -0.15) is 0 Å². The van der Waals surface area contributed by atoms with Crippen LogP contribution >= 0.6 is 12.4 Å². The van der Waals surface area contributed by atoms with Crippen LogP contribution in [0.3, 0.4) is 0 Å². The van der Waals surface area contributed by atoms with E-state index >= 15 is 0 Å². The van der Waals surface area contributed by atoms with E-state index in [-0.39, 0.29) is 36.8 Å². The first-order valence-corrected chi connectivity index (χ1v) is 5.19. The molecule has 0 bridgehead atoms. The Hall–Kier alpha value is -0.810. The molecule has 1 unspecified atom stereocenters. The van der Waals surface area contributed by atoms with E-state index in [2.05, 4.69) is 24.5 Å². The van der Waals surface area contributed by atoms with Crippen LogP contribution in [0.5, 0.6) is 0 Å². The van der Waals surface area contributed by atoms with Gasteiger partial charge in [-0.3, -0.25) is 9.59 Å². The second kappa shape index (κ2) is 9.42. The summed E-state index contributed by atoms with van der Waals surface area (Å²) in [5.74, 6) is 0.0826. The lowest BCUT2D eigenvalue weighted by Crippen LogP contribution is -2.45. The number of carbonyl (C=O) groups excluding carboxylic acids is 2. The molecule has 16 heavy (non-hydrogen) atoms. The molecular formula is C10H22ClN3O2. The molecule has 0 spiro atoms. The van der Waals surface area contributed by atoms with Crippen LogP contribution in [-0.4, -0.2) is 30.9 Å². The molecule has 0 rings (SSSR count). The van der Waals surface area contributed by atoms with Gasteiger partial charge in [-0.25, -0.2) is 0 Å². The van der Waals surface area contributed by atoms with Gasteiger partial charge >= 0.3 is 0 Å². The van der Waals surface area contributed by atoms with Gasteiger partial charge in [0.2, 0.25) is 11.8 Å². The number of hydrogen-bond donors (Lipinski definition) is 3. The van der Waals surface area contributed by atoms with Gasteiger partial charge in [0.1, 0.15) is 0 Å². The molecule has 0 aromatic carbocycles. The Morgan fingerprint density at radius 3 is 2.25 bits per heavy atom. The van der Waals surface area contributed by atoms with Crippen molar-refractivity contribution in [2.45, 2.75) is 33.2 Å². The van der Waals surface area contributed by atoms with E-state index in [4.69, 9.17) is 5.73 Å². The Bertz CT molecular complexity index is 222. The topological polar surface area (TPSA) is 84.2 Å². The largest absolute Gasteiger partial charge is 0.351 e. The van der Waals surface area contributed by atoms with Gasteiger partial charge in [-0.1, -0.05) is 13.8 Å². The van der Waals surface area contributed by atoms with E-state index in [1.165, 1.54) is 6.92 Å². The molecule has 4 N–H and O–H groups in total. The highest BCUT2D eigenvalue weighted by Gasteiger charge is 2.12. The minimum Gasteiger partial charge on any atom is -0.351 e. The second-order valence-corrected chi connectivity index (χ2v) is 4.04. The van der Waals surface area contributed by atoms with Crippen molar-refractivity contribution < 1.29 is 9.59 Å². The zero-order chi connectivity index (χ0) is 11.8. The van der Waals surface area contributed by atoms with Crippen LogP contribution in [0.15, 0.2) is 0 Å². The average Bonchev–Trinajstić information content (AvgIpc) is 2.13. The number of carbonyl (C=O) groups is 2. The first-order chi connectivity index (χ1) is 6.95. The zero-order valence-electron chi connectivity index (χ0n) is 10.1. The van der Waals surface area contributed by atoms with E-state index in [0.29, 0.717) is 12.5 Å². The number of hydrogen-bond acceptors (Lipinski definition) is 3. The Morgan fingerprint density at radius 2 is 1.88 bits per heavy atom. The maximum atomic E-state index is 11.3. The predicted molar refractivity (Wildman–Crippen MR) is 66.4 cm³/mol. The highest BCUT2D eigenvalue weighted by Crippen LogP contribution is 2.02. The quantitative estimate of drug-likeness (QED) is 0.623. The minimum atomic E-state index is -0.210. The Labute approximate surface area is 103 Å². The van der Waals surface area contributed by atoms with E-state index in [0.717, 1.165) is 6.42 Å². The molecule has 2 amide bonds. The SMILES string of the molecule is CC(=O)NCC(=O)NC(CN)CC(C)C.Cl. The molecule has 0 heterocycles. The van der Waals surface area contributed by atoms with Gasteiger partial charge in [0, 0.05) is 19.5 Å². The first-order valence-electron chi connectivity index (χ1n) is 5.19. The number of rotatable bonds is 6. The molecule has 0 aliphatic carbocycles. The highest BCUT2D eigenvalue weighted by atomic mass is 35.5. The summed E-state index contributed by atoms with van der Waals surface area (Å²) in [5.41, 5.74) is 5.52. The fourth-order valence-electron chi connectivity index (χ4n) is 1.27. The average molecular weight is 252 g/mol. The van der Waals surface area contributed by atoms with Crippen molar-refractivity contribution in [3.63, 3.8) is 0 Å². The van der Waals surface area contributed by atoms with Crippen LogP contribution in [0.2, 0.25) is 0 Å². The smallest absolute Gasteiger partial charge is 0.239 e. The first kappa shape index (κ1) is 17.6.